The van der Waals surface area contributed by atoms with Crippen molar-refractivity contribution in [1.82, 2.24) is 128 Å². The molecule has 0 radical (unpaired) electrons. The van der Waals surface area contributed by atoms with Crippen LogP contribution in [-0.4, -0.2) is 473 Å². The van der Waals surface area contributed by atoms with Gasteiger partial charge >= 0.3 is 17.9 Å². The van der Waals surface area contributed by atoms with Crippen LogP contribution in [0.3, 0.4) is 0 Å². The first kappa shape index (κ1) is 135. The molecule has 68 heteroatoms. The van der Waals surface area contributed by atoms with E-state index in [9.17, 15) is 201 Å². The number of carboxylic acid groups (broad SMARTS) is 3. The molecule has 0 spiro atoms. The number of carbonyl (C=O) groups is 27. The highest BCUT2D eigenvalue weighted by Gasteiger charge is 2.41. The molecule has 0 aromatic carbocycles. The van der Waals surface area contributed by atoms with E-state index in [2.05, 4.69) is 63.8 Å². The molecule has 0 aliphatic heterocycles. The smallest absolute Gasteiger partial charge is 0.328 e. The highest BCUT2D eigenvalue weighted by molar-refractivity contribution is 6.03. The van der Waals surface area contributed by atoms with Gasteiger partial charge < -0.3 is 216 Å². The molecule has 848 valence electrons. The normalized spacial score (nSPS) is 16.2. The van der Waals surface area contributed by atoms with E-state index in [1.54, 1.807) is 0 Å². The number of nitrogens with two attached hydrogens (primary N) is 2. The van der Waals surface area contributed by atoms with Crippen LogP contribution in [0, 0.1) is 0 Å². The summed E-state index contributed by atoms with van der Waals surface area (Å²) in [4.78, 5) is 350. The minimum Gasteiger partial charge on any atom is -0.481 e. The largest absolute Gasteiger partial charge is 0.481 e. The molecular weight excluding hydrogens is 2020 g/mol. The van der Waals surface area contributed by atoms with Crippen LogP contribution < -0.4 is 139 Å². The second kappa shape index (κ2) is 68.6. The Balaban J connectivity index is 5.95. The van der Waals surface area contributed by atoms with Crippen molar-refractivity contribution in [3.63, 3.8) is 0 Å². The number of aliphatic carboxylic acids is 3. The van der Waals surface area contributed by atoms with E-state index < -0.39 is 409 Å². The van der Waals surface area contributed by atoms with Crippen LogP contribution in [0.5, 0.6) is 0 Å². The molecule has 0 aliphatic carbocycles. The maximum Gasteiger partial charge on any atom is 0.328 e. The third kappa shape index (κ3) is 50.7. The molecule has 0 bridgehead atoms. The number of hydrogen-bond donors (Lipinski definition) is 41. The molecule has 0 aliphatic rings. The summed E-state index contributed by atoms with van der Waals surface area (Å²) in [6.45, 7) is -0.362. The minimum atomic E-state index is -2.17. The van der Waals surface area contributed by atoms with E-state index >= 15 is 0 Å². The molecule has 43 N–H and O–H groups in total. The molecule has 0 saturated carbocycles. The lowest BCUT2D eigenvalue weighted by Crippen LogP contribution is -2.64. The molecule has 0 rings (SSSR count). The van der Waals surface area contributed by atoms with Gasteiger partial charge in [0.15, 0.2) is 6.04 Å². The van der Waals surface area contributed by atoms with Crippen molar-refractivity contribution in [1.29, 1.82) is 0 Å². The molecule has 0 aromatic rings. The van der Waals surface area contributed by atoms with Gasteiger partial charge in [-0.05, 0) is 108 Å². The molecule has 68 nitrogen and oxygen atoms in total. The Kier molecular flexibility index (Phi) is 61.8. The molecular formula is C82H138N26O42. The van der Waals surface area contributed by atoms with E-state index in [-0.39, 0.29) is 25.8 Å². The molecule has 0 fully saturated rings. The van der Waals surface area contributed by atoms with E-state index in [0.29, 0.717) is 0 Å². The Morgan fingerprint density at radius 1 is 0.220 bits per heavy atom. The number of hydrogen-bond acceptors (Lipinski definition) is 41. The Hall–Kier alpha value is -14.9. The number of aliphatic hydroxyl groups is 12. The minimum absolute atomic E-state index is 0.0425. The molecule has 24 amide bonds. The molecule has 0 heterocycles. The van der Waals surface area contributed by atoms with Gasteiger partial charge in [-0.3, -0.25) is 125 Å². The Morgan fingerprint density at radius 3 is 0.780 bits per heavy atom. The van der Waals surface area contributed by atoms with Crippen molar-refractivity contribution in [2.45, 2.75) is 272 Å². The zero-order chi connectivity index (χ0) is 115. The van der Waals surface area contributed by atoms with Crippen molar-refractivity contribution in [2.24, 2.45) is 11.5 Å². The fraction of sp³-hybridized carbons (Fsp3) is 0.671. The number of nitrogens with one attached hydrogen (secondary N) is 24. The lowest BCUT2D eigenvalue weighted by molar-refractivity contribution is -0.145. The third-order valence-corrected chi connectivity index (χ3v) is 20.7. The standard InChI is InChI=1S/C82H138N26O42/c1-30(65(132)85-20-49(122)95-45(27-110)72(139)98-43(18-56(130)131)71(138)96-41(14-12-13-17-83)70(137)93-31(2)66(133)86-21-50(123)102-58(34(5)114)76(143)91-25-53(126)104-60(36(7)116)78(145)100-44(26-109)69(136)89-23-54(127)106-64(40(11)120)82(149)150)92-48(121)19-88-68(135)42(15-16-55(128)129)97-73(140)46(28-111)99-74(141)47(29-112)101-79(146)62(38(9)118)107-81(148)63(39(10)119)108-80(147)61(37(8)117)105-51(124)22-87-67(134)32(3)94-77(144)59(35(6)115)103-52(125)24-90-75(142)57(84)33(4)113/h30-47,57-64,109-120H,12-29,83-84H2,1-11H3,(H,85,132)(H,86,133)(H,87,134)(H,88,135)(H,89,136)(H,90,142)(H,91,143)(H,92,121)(H,93,137)(H,94,144)(H,95,122)(H,96,138)(H,97,140)(H,98,139)(H,99,141)(H,100,145)(H,101,146)(H,102,123)(H,103,125)(H,104,126)(H,105,124)(H,106,127)(H,107,148)(H,108,147)(H,128,129)(H,130,131)(H,149,150)/t30-,31-,32-,33+,34+,35+,36+,37+,38+,39+,40+,41-,42-,43-,44-,45-,46-,47-,57-,58-,59-,60-,61-,62-,63-,64-/m0/s1. The monoisotopic (exact) mass is 2160 g/mol. The van der Waals surface area contributed by atoms with Crippen molar-refractivity contribution in [3.8, 4) is 0 Å². The van der Waals surface area contributed by atoms with Crippen LogP contribution in [0.2, 0.25) is 0 Å². The summed E-state index contributed by atoms with van der Waals surface area (Å²) < 4.78 is 0. The topological polar surface area (TPSA) is 1110 Å². The Morgan fingerprint density at radius 2 is 0.453 bits per heavy atom. The fourth-order valence-corrected chi connectivity index (χ4v) is 12.2. The summed E-state index contributed by atoms with van der Waals surface area (Å²) >= 11 is 0. The molecule has 26 atom stereocenters. The predicted octanol–water partition coefficient (Wildman–Crippen LogP) is -25.0. The first-order valence-corrected chi connectivity index (χ1v) is 45.9. The van der Waals surface area contributed by atoms with Gasteiger partial charge in [0, 0.05) is 6.42 Å². The second-order valence-electron chi connectivity index (χ2n) is 33.8. The first-order valence-electron chi connectivity index (χ1n) is 45.9. The molecule has 150 heavy (non-hydrogen) atoms. The number of unbranched alkanes of at least 4 members (excludes halogenated alkanes) is 1. The van der Waals surface area contributed by atoms with Gasteiger partial charge in [-0.2, -0.15) is 0 Å². The maximum absolute atomic E-state index is 13.8. The van der Waals surface area contributed by atoms with Crippen molar-refractivity contribution < 1.29 is 206 Å². The highest BCUT2D eigenvalue weighted by atomic mass is 16.4. The SMILES string of the molecule is C[C@H](NC(=O)CNC(=O)[C@H](CCC(=O)O)NC(=O)[C@H](CO)NC(=O)[C@H](CO)NC(=O)[C@@H](NC(=O)[C@@H](NC(=O)[C@@H](NC(=O)CNC(=O)[C@H](C)NC(=O)[C@@H](NC(=O)CNC(=O)[C@@H](N)[C@@H](C)O)[C@@H](C)O)[C@@H](C)O)[C@@H](C)O)[C@@H](C)O)C(=O)NCC(=O)N[C@@H](CO)C(=O)N[C@@H](CC(=O)O)C(=O)N[C@@H](CCCCN)C(=O)N[C@@H](C)C(=O)NCC(=O)N[C@H](C(=O)NCC(=O)N[C@H](C(=O)N[C@@H](CO)C(=O)NCC(=O)N[C@H](C(=O)O)[C@@H](C)O)[C@@H](C)O)[C@@H](C)O. The average molecular weight is 2160 g/mol. The quantitative estimate of drug-likeness (QED) is 0.0251. The molecule has 0 saturated heterocycles. The lowest BCUT2D eigenvalue weighted by atomic mass is 10.1. The third-order valence-electron chi connectivity index (χ3n) is 20.7. The zero-order valence-electron chi connectivity index (χ0n) is 83.1. The van der Waals surface area contributed by atoms with Gasteiger partial charge in [0.2, 0.25) is 142 Å². The second-order valence-corrected chi connectivity index (χ2v) is 33.8. The van der Waals surface area contributed by atoms with Gasteiger partial charge in [-0.25, -0.2) is 4.79 Å². The van der Waals surface area contributed by atoms with Crippen LogP contribution in [0.25, 0.3) is 0 Å². The van der Waals surface area contributed by atoms with Crippen molar-refractivity contribution in [2.75, 3.05) is 78.8 Å². The number of amides is 24. The van der Waals surface area contributed by atoms with E-state index in [1.165, 1.54) is 6.92 Å². The lowest BCUT2D eigenvalue weighted by Gasteiger charge is -2.29. The van der Waals surface area contributed by atoms with Crippen molar-refractivity contribution >= 4 is 160 Å². The summed E-state index contributed by atoms with van der Waals surface area (Å²) in [7, 11) is 0. The zero-order valence-corrected chi connectivity index (χ0v) is 83.1. The van der Waals surface area contributed by atoms with Gasteiger partial charge in [-0.15, -0.1) is 0 Å². The summed E-state index contributed by atoms with van der Waals surface area (Å²) in [5.41, 5.74) is 11.1. The Bertz CT molecular complexity index is 4680. The number of aliphatic hydroxyl groups excluding tert-OH is 12. The number of carboxylic acids is 3. The van der Waals surface area contributed by atoms with Crippen LogP contribution in [0.1, 0.15) is 115 Å². The number of carbonyl (C=O) groups excluding carboxylic acids is 24. The molecule has 0 unspecified atom stereocenters. The summed E-state index contributed by atoms with van der Waals surface area (Å²) in [6, 6.07) is -33.5. The van der Waals surface area contributed by atoms with Crippen molar-refractivity contribution in [3.05, 3.63) is 0 Å². The number of rotatable bonds is 70. The molecule has 0 aromatic heterocycles. The van der Waals surface area contributed by atoms with Gasteiger partial charge in [0.1, 0.15) is 103 Å². The predicted molar refractivity (Wildman–Crippen MR) is 500 cm³/mol. The Labute approximate surface area is 852 Å². The van der Waals surface area contributed by atoms with Gasteiger partial charge in [0.05, 0.1) is 127 Å². The van der Waals surface area contributed by atoms with Gasteiger partial charge in [-0.1, -0.05) is 0 Å². The van der Waals surface area contributed by atoms with E-state index in [0.717, 1.165) is 69.2 Å². The van der Waals surface area contributed by atoms with E-state index in [1.807, 2.05) is 63.8 Å². The highest BCUT2D eigenvalue weighted by Crippen LogP contribution is 2.10. The average Bonchev–Trinajstić information content (AvgIpc) is 0.839. The first-order chi connectivity index (χ1) is 69.8. The van der Waals surface area contributed by atoms with Crippen LogP contribution in [0.15, 0.2) is 0 Å². The van der Waals surface area contributed by atoms with E-state index in [4.69, 9.17) is 16.6 Å². The summed E-state index contributed by atoms with van der Waals surface area (Å²) in [5, 5.41) is 200. The summed E-state index contributed by atoms with van der Waals surface area (Å²) in [5.74, 6) is -34.8. The maximum atomic E-state index is 13.8. The van der Waals surface area contributed by atoms with Gasteiger partial charge in [0.25, 0.3) is 0 Å². The van der Waals surface area contributed by atoms with Crippen LogP contribution in [0.4, 0.5) is 0 Å². The van der Waals surface area contributed by atoms with Crippen LogP contribution in [-0.2, 0) is 129 Å². The fourth-order valence-electron chi connectivity index (χ4n) is 12.2. The summed E-state index contributed by atoms with van der Waals surface area (Å²) in [6.07, 6.45) is -16.5. The van der Waals surface area contributed by atoms with Crippen LogP contribution >= 0.6 is 0 Å².